The molecule has 17 unspecified atom stereocenters. The largest absolute Gasteiger partial charge is 0.394 e. The molecule has 0 aromatic rings. The van der Waals surface area contributed by atoms with E-state index in [1.165, 1.54) is 0 Å². The molecule has 3 heterocycles. The van der Waals surface area contributed by atoms with Gasteiger partial charge in [0.05, 0.1) is 38.6 Å². The molecular formula is C31H57NO18. The predicted octanol–water partition coefficient (Wildman–Crippen LogP) is -4.93. The Kier molecular flexibility index (Phi) is 18.0. The van der Waals surface area contributed by atoms with Crippen molar-refractivity contribution in [1.29, 1.82) is 0 Å². The zero-order valence-corrected chi connectivity index (χ0v) is 28.4. The highest BCUT2D eigenvalue weighted by molar-refractivity contribution is 5.76. The number of carbonyl (C=O) groups excluding carboxylic acids is 1. The third-order valence-electron chi connectivity index (χ3n) is 9.15. The fourth-order valence-electron chi connectivity index (χ4n) is 6.12. The van der Waals surface area contributed by atoms with Gasteiger partial charge < -0.3 is 89.9 Å². The zero-order valence-electron chi connectivity index (χ0n) is 28.4. The number of carbonyl (C=O) groups is 1. The van der Waals surface area contributed by atoms with Gasteiger partial charge in [0, 0.05) is 6.42 Å². The van der Waals surface area contributed by atoms with Gasteiger partial charge in [-0.2, -0.15) is 0 Å². The normalized spacial score (nSPS) is 40.7. The minimum absolute atomic E-state index is 0.216. The monoisotopic (exact) mass is 731 g/mol. The smallest absolute Gasteiger partial charge is 0.220 e. The summed E-state index contributed by atoms with van der Waals surface area (Å²) in [5.41, 5.74) is 0. The van der Waals surface area contributed by atoms with E-state index in [2.05, 4.69) is 12.2 Å². The Hall–Kier alpha value is -1.21. The summed E-state index contributed by atoms with van der Waals surface area (Å²) >= 11 is 0. The summed E-state index contributed by atoms with van der Waals surface area (Å²) in [5.74, 6) is -0.309. The Morgan fingerprint density at radius 1 is 0.640 bits per heavy atom. The molecule has 294 valence electrons. The van der Waals surface area contributed by atoms with Crippen LogP contribution in [0.2, 0.25) is 0 Å². The van der Waals surface area contributed by atoms with Crippen molar-refractivity contribution in [2.24, 2.45) is 0 Å². The van der Waals surface area contributed by atoms with Crippen molar-refractivity contribution in [1.82, 2.24) is 5.32 Å². The van der Waals surface area contributed by atoms with Crippen LogP contribution in [0.1, 0.15) is 58.8 Å². The number of nitrogens with one attached hydrogen (secondary N) is 1. The molecule has 3 rings (SSSR count). The number of rotatable bonds is 19. The first kappa shape index (κ1) is 43.2. The maximum absolute atomic E-state index is 12.3. The van der Waals surface area contributed by atoms with E-state index in [1.54, 1.807) is 0 Å². The van der Waals surface area contributed by atoms with E-state index in [1.807, 2.05) is 6.92 Å². The fourth-order valence-corrected chi connectivity index (χ4v) is 6.12. The molecule has 0 bridgehead atoms. The molecule has 0 aliphatic carbocycles. The number of aliphatic hydroxyl groups excluding tert-OH is 11. The molecule has 17 atom stereocenters. The second kappa shape index (κ2) is 20.9. The molecule has 19 nitrogen and oxygen atoms in total. The average Bonchev–Trinajstić information content (AvgIpc) is 3.10. The lowest BCUT2D eigenvalue weighted by molar-refractivity contribution is -0.379. The first-order valence-corrected chi connectivity index (χ1v) is 17.3. The number of hydrogen-bond donors (Lipinski definition) is 12. The molecule has 3 saturated heterocycles. The van der Waals surface area contributed by atoms with Crippen molar-refractivity contribution in [3.63, 3.8) is 0 Å². The van der Waals surface area contributed by atoms with Gasteiger partial charge in [-0.3, -0.25) is 4.79 Å². The van der Waals surface area contributed by atoms with Crippen molar-refractivity contribution < 1.29 is 89.4 Å². The molecule has 3 aliphatic heterocycles. The first-order valence-electron chi connectivity index (χ1n) is 17.3. The Bertz CT molecular complexity index is 978. The van der Waals surface area contributed by atoms with Crippen molar-refractivity contribution >= 4 is 5.91 Å². The van der Waals surface area contributed by atoms with Crippen LogP contribution in [0, 0.1) is 0 Å². The standard InChI is InChI=1S/C31H57NO18/c1-3-5-6-7-9-15(36)14(32-19(37)8-4-2)13-45-29-25(43)22(40)27(17(11-34)47-29)50-31-26(44)23(41)28(18(12-35)48-31)49-30-24(42)21(39)20(38)16(10-33)46-30/h14-18,20-31,33-36,38-44H,3-13H2,1-2H3,(H,32,37). The second-order valence-corrected chi connectivity index (χ2v) is 13.0. The lowest BCUT2D eigenvalue weighted by Gasteiger charge is -2.48. The van der Waals surface area contributed by atoms with E-state index in [0.717, 1.165) is 19.3 Å². The fraction of sp³-hybridized carbons (Fsp3) is 0.968. The van der Waals surface area contributed by atoms with E-state index in [4.69, 9.17) is 28.4 Å². The Morgan fingerprint density at radius 3 is 1.66 bits per heavy atom. The van der Waals surface area contributed by atoms with Gasteiger partial charge in [0.2, 0.25) is 5.91 Å². The number of aliphatic hydroxyl groups is 11. The molecular weight excluding hydrogens is 674 g/mol. The van der Waals surface area contributed by atoms with Gasteiger partial charge in [0.1, 0.15) is 73.2 Å². The number of ether oxygens (including phenoxy) is 6. The van der Waals surface area contributed by atoms with Crippen LogP contribution in [0.15, 0.2) is 0 Å². The maximum Gasteiger partial charge on any atom is 0.220 e. The van der Waals surface area contributed by atoms with Gasteiger partial charge >= 0.3 is 0 Å². The summed E-state index contributed by atoms with van der Waals surface area (Å²) < 4.78 is 33.4. The van der Waals surface area contributed by atoms with Crippen LogP contribution < -0.4 is 5.32 Å². The third kappa shape index (κ3) is 10.9. The van der Waals surface area contributed by atoms with Gasteiger partial charge in [-0.25, -0.2) is 0 Å². The predicted molar refractivity (Wildman–Crippen MR) is 167 cm³/mol. The topological polar surface area (TPSA) is 307 Å². The van der Waals surface area contributed by atoms with E-state index < -0.39 is 124 Å². The minimum Gasteiger partial charge on any atom is -0.394 e. The van der Waals surface area contributed by atoms with Crippen molar-refractivity contribution in [3.8, 4) is 0 Å². The second-order valence-electron chi connectivity index (χ2n) is 13.0. The molecule has 50 heavy (non-hydrogen) atoms. The molecule has 0 aromatic carbocycles. The van der Waals surface area contributed by atoms with Crippen LogP contribution in [0.25, 0.3) is 0 Å². The molecule has 19 heteroatoms. The first-order chi connectivity index (χ1) is 23.8. The minimum atomic E-state index is -1.96. The lowest BCUT2D eigenvalue weighted by Crippen LogP contribution is -2.66. The van der Waals surface area contributed by atoms with Crippen LogP contribution in [0.5, 0.6) is 0 Å². The third-order valence-corrected chi connectivity index (χ3v) is 9.15. The van der Waals surface area contributed by atoms with E-state index >= 15 is 0 Å². The van der Waals surface area contributed by atoms with E-state index in [0.29, 0.717) is 19.3 Å². The summed E-state index contributed by atoms with van der Waals surface area (Å²) in [4.78, 5) is 12.3. The number of unbranched alkanes of at least 4 members (excludes halogenated alkanes) is 3. The zero-order chi connectivity index (χ0) is 37.1. The number of amides is 1. The van der Waals surface area contributed by atoms with Crippen LogP contribution >= 0.6 is 0 Å². The molecule has 3 fully saturated rings. The molecule has 0 spiro atoms. The van der Waals surface area contributed by atoms with Crippen LogP contribution in [0.4, 0.5) is 0 Å². The van der Waals surface area contributed by atoms with Gasteiger partial charge in [0.15, 0.2) is 18.9 Å². The average molecular weight is 732 g/mol. The summed E-state index contributed by atoms with van der Waals surface area (Å²) in [6.07, 6.45) is -21.6. The summed E-state index contributed by atoms with van der Waals surface area (Å²) in [6.45, 7) is 1.17. The molecule has 3 aliphatic rings. The van der Waals surface area contributed by atoms with E-state index in [-0.39, 0.29) is 18.9 Å². The van der Waals surface area contributed by atoms with E-state index in [9.17, 15) is 61.0 Å². The van der Waals surface area contributed by atoms with Gasteiger partial charge in [-0.15, -0.1) is 0 Å². The Balaban J connectivity index is 1.65. The Morgan fingerprint density at radius 2 is 1.14 bits per heavy atom. The molecule has 0 aromatic heterocycles. The summed E-state index contributed by atoms with van der Waals surface area (Å²) in [6, 6.07) is -0.869. The highest BCUT2D eigenvalue weighted by Crippen LogP contribution is 2.32. The Labute approximate surface area is 290 Å². The summed E-state index contributed by atoms with van der Waals surface area (Å²) in [7, 11) is 0. The molecule has 0 radical (unpaired) electrons. The molecule has 0 saturated carbocycles. The van der Waals surface area contributed by atoms with Gasteiger partial charge in [-0.1, -0.05) is 39.5 Å². The van der Waals surface area contributed by atoms with Crippen molar-refractivity contribution in [3.05, 3.63) is 0 Å². The number of hydrogen-bond acceptors (Lipinski definition) is 18. The summed E-state index contributed by atoms with van der Waals surface area (Å²) in [5, 5.41) is 117. The molecule has 1 amide bonds. The highest BCUT2D eigenvalue weighted by atomic mass is 16.8. The molecule has 12 N–H and O–H groups in total. The quantitative estimate of drug-likeness (QED) is 0.0554. The lowest BCUT2D eigenvalue weighted by atomic mass is 9.96. The van der Waals surface area contributed by atoms with Gasteiger partial charge in [-0.05, 0) is 12.8 Å². The van der Waals surface area contributed by atoms with Gasteiger partial charge in [0.25, 0.3) is 0 Å². The SMILES string of the molecule is CCCCCCC(O)C(COC1OC(CO)C(OC2OC(CO)C(OC3OC(CO)C(O)C(O)C3O)C(O)C2O)C(O)C1O)NC(=O)CCC. The van der Waals surface area contributed by atoms with Crippen LogP contribution in [0.3, 0.4) is 0 Å². The maximum atomic E-state index is 12.3. The van der Waals surface area contributed by atoms with Crippen LogP contribution in [-0.2, 0) is 33.2 Å². The van der Waals surface area contributed by atoms with Crippen molar-refractivity contribution in [2.45, 2.75) is 163 Å². The van der Waals surface area contributed by atoms with Crippen molar-refractivity contribution in [2.75, 3.05) is 26.4 Å². The van der Waals surface area contributed by atoms with Crippen LogP contribution in [-0.4, -0.2) is 193 Å². The highest BCUT2D eigenvalue weighted by Gasteiger charge is 2.53.